The summed E-state index contributed by atoms with van der Waals surface area (Å²) in [5, 5.41) is 0. The number of sulfonamides is 1. The Hall–Kier alpha value is -2.03. The average Bonchev–Trinajstić information content (AvgIpc) is 2.98. The van der Waals surface area contributed by atoms with Gasteiger partial charge in [0.15, 0.2) is 5.78 Å². The van der Waals surface area contributed by atoms with Crippen LogP contribution < -0.4 is 0 Å². The summed E-state index contributed by atoms with van der Waals surface area (Å²) in [6, 6.07) is 8.28. The van der Waals surface area contributed by atoms with Gasteiger partial charge in [-0.1, -0.05) is 12.1 Å². The standard InChI is InChI=1S/C21H28FN3O3S/c1-4-29(27,28)24-11-9-23(10-12-24)15-21(26)20-13-16(2)25(17(20)3)14-18-5-7-19(22)8-6-18/h5-8,13H,4,9-12,14-15H2,1-3H3. The van der Waals surface area contributed by atoms with Crippen molar-refractivity contribution in [2.45, 2.75) is 27.3 Å². The zero-order valence-electron chi connectivity index (χ0n) is 17.2. The second-order valence-corrected chi connectivity index (χ2v) is 9.75. The summed E-state index contributed by atoms with van der Waals surface area (Å²) in [6.45, 7) is 8.35. The van der Waals surface area contributed by atoms with E-state index in [1.807, 2.05) is 24.8 Å². The monoisotopic (exact) mass is 421 g/mol. The first-order valence-corrected chi connectivity index (χ1v) is 11.5. The molecule has 0 atom stereocenters. The summed E-state index contributed by atoms with van der Waals surface area (Å²) < 4.78 is 40.6. The van der Waals surface area contributed by atoms with E-state index in [0.29, 0.717) is 38.3 Å². The smallest absolute Gasteiger partial charge is 0.213 e. The molecule has 0 bridgehead atoms. The highest BCUT2D eigenvalue weighted by molar-refractivity contribution is 7.89. The van der Waals surface area contributed by atoms with Gasteiger partial charge in [-0.25, -0.2) is 12.8 Å². The molecule has 158 valence electrons. The van der Waals surface area contributed by atoms with Gasteiger partial charge < -0.3 is 4.57 Å². The minimum absolute atomic E-state index is 0.0373. The van der Waals surface area contributed by atoms with Crippen molar-refractivity contribution in [3.8, 4) is 0 Å². The van der Waals surface area contributed by atoms with E-state index in [9.17, 15) is 17.6 Å². The van der Waals surface area contributed by atoms with Gasteiger partial charge >= 0.3 is 0 Å². The van der Waals surface area contributed by atoms with Crippen LogP contribution in [0.3, 0.4) is 0 Å². The Morgan fingerprint density at radius 1 is 1.07 bits per heavy atom. The first-order chi connectivity index (χ1) is 13.7. The van der Waals surface area contributed by atoms with E-state index in [1.54, 1.807) is 19.1 Å². The molecular weight excluding hydrogens is 393 g/mol. The molecule has 1 aliphatic rings. The van der Waals surface area contributed by atoms with Gasteiger partial charge in [-0.05, 0) is 44.5 Å². The van der Waals surface area contributed by atoms with Crippen LogP contribution in [0.2, 0.25) is 0 Å². The Bertz CT molecular complexity index is 975. The normalized spacial score (nSPS) is 16.3. The molecule has 1 aliphatic heterocycles. The first-order valence-electron chi connectivity index (χ1n) is 9.86. The number of piperazine rings is 1. The molecule has 0 N–H and O–H groups in total. The van der Waals surface area contributed by atoms with Crippen molar-refractivity contribution in [1.29, 1.82) is 0 Å². The molecule has 0 radical (unpaired) electrons. The molecule has 2 heterocycles. The van der Waals surface area contributed by atoms with Crippen molar-refractivity contribution in [2.75, 3.05) is 38.5 Å². The number of ketones is 1. The first kappa shape index (κ1) is 21.7. The fourth-order valence-corrected chi connectivity index (χ4v) is 4.82. The molecule has 0 unspecified atom stereocenters. The van der Waals surface area contributed by atoms with E-state index < -0.39 is 10.0 Å². The van der Waals surface area contributed by atoms with Gasteiger partial charge in [-0.15, -0.1) is 0 Å². The summed E-state index contributed by atoms with van der Waals surface area (Å²) in [6.07, 6.45) is 0. The average molecular weight is 422 g/mol. The van der Waals surface area contributed by atoms with Crippen molar-refractivity contribution >= 4 is 15.8 Å². The van der Waals surface area contributed by atoms with Crippen molar-refractivity contribution in [3.63, 3.8) is 0 Å². The second-order valence-electron chi connectivity index (χ2n) is 7.50. The van der Waals surface area contributed by atoms with Gasteiger partial charge in [-0.3, -0.25) is 9.69 Å². The van der Waals surface area contributed by atoms with Crippen LogP contribution >= 0.6 is 0 Å². The van der Waals surface area contributed by atoms with Gasteiger partial charge in [0.2, 0.25) is 10.0 Å². The molecule has 3 rings (SSSR count). The molecule has 0 saturated carbocycles. The molecular formula is C21H28FN3O3S. The Kier molecular flexibility index (Phi) is 6.55. The van der Waals surface area contributed by atoms with E-state index in [0.717, 1.165) is 17.0 Å². The van der Waals surface area contributed by atoms with E-state index in [2.05, 4.69) is 4.57 Å². The maximum atomic E-state index is 13.1. The summed E-state index contributed by atoms with van der Waals surface area (Å²) in [4.78, 5) is 14.9. The van der Waals surface area contributed by atoms with E-state index in [4.69, 9.17) is 0 Å². The van der Waals surface area contributed by atoms with Crippen molar-refractivity contribution < 1.29 is 17.6 Å². The molecule has 6 nitrogen and oxygen atoms in total. The lowest BCUT2D eigenvalue weighted by atomic mass is 10.1. The highest BCUT2D eigenvalue weighted by atomic mass is 32.2. The molecule has 0 amide bonds. The van der Waals surface area contributed by atoms with Crippen molar-refractivity contribution in [3.05, 3.63) is 58.7 Å². The Morgan fingerprint density at radius 2 is 1.69 bits per heavy atom. The molecule has 0 spiro atoms. The van der Waals surface area contributed by atoms with E-state index >= 15 is 0 Å². The number of hydrogen-bond donors (Lipinski definition) is 0. The van der Waals surface area contributed by atoms with E-state index in [1.165, 1.54) is 16.4 Å². The maximum Gasteiger partial charge on any atom is 0.213 e. The zero-order valence-corrected chi connectivity index (χ0v) is 18.0. The van der Waals surface area contributed by atoms with Crippen LogP contribution in [-0.4, -0.2) is 66.4 Å². The number of carbonyl (C=O) groups is 1. The lowest BCUT2D eigenvalue weighted by molar-refractivity contribution is 0.0901. The number of Topliss-reactive ketones (excluding diaryl/α,β-unsaturated/α-hetero) is 1. The van der Waals surface area contributed by atoms with Gasteiger partial charge in [0.05, 0.1) is 12.3 Å². The van der Waals surface area contributed by atoms with Crippen LogP contribution in [0.4, 0.5) is 4.39 Å². The number of carbonyl (C=O) groups excluding carboxylic acids is 1. The topological polar surface area (TPSA) is 62.6 Å². The van der Waals surface area contributed by atoms with Gasteiger partial charge in [-0.2, -0.15) is 4.31 Å². The van der Waals surface area contributed by atoms with Crippen molar-refractivity contribution in [1.82, 2.24) is 13.8 Å². The predicted octanol–water partition coefficient (Wildman–Crippen LogP) is 2.44. The highest BCUT2D eigenvalue weighted by Gasteiger charge is 2.27. The third kappa shape index (κ3) is 4.94. The van der Waals surface area contributed by atoms with Gasteiger partial charge in [0.25, 0.3) is 0 Å². The summed E-state index contributed by atoms with van der Waals surface area (Å²) in [7, 11) is -3.17. The summed E-state index contributed by atoms with van der Waals surface area (Å²) >= 11 is 0. The Morgan fingerprint density at radius 3 is 2.28 bits per heavy atom. The third-order valence-electron chi connectivity index (χ3n) is 5.58. The van der Waals surface area contributed by atoms with Gasteiger partial charge in [0, 0.05) is 49.7 Å². The molecule has 29 heavy (non-hydrogen) atoms. The number of hydrogen-bond acceptors (Lipinski definition) is 4. The Labute approximate surface area is 172 Å². The van der Waals surface area contributed by atoms with Gasteiger partial charge in [0.1, 0.15) is 5.82 Å². The molecule has 1 aromatic carbocycles. The lowest BCUT2D eigenvalue weighted by Crippen LogP contribution is -2.50. The minimum atomic E-state index is -3.17. The highest BCUT2D eigenvalue weighted by Crippen LogP contribution is 2.19. The maximum absolute atomic E-state index is 13.1. The third-order valence-corrected chi connectivity index (χ3v) is 7.47. The van der Waals surface area contributed by atoms with Crippen LogP contribution in [0.5, 0.6) is 0 Å². The molecule has 8 heteroatoms. The van der Waals surface area contributed by atoms with Crippen LogP contribution in [0, 0.1) is 19.7 Å². The summed E-state index contributed by atoms with van der Waals surface area (Å²) in [5.74, 6) is -0.126. The Balaban J connectivity index is 1.65. The number of aryl methyl sites for hydroxylation is 1. The van der Waals surface area contributed by atoms with E-state index in [-0.39, 0.29) is 23.9 Å². The molecule has 1 saturated heterocycles. The molecule has 1 aromatic heterocycles. The zero-order chi connectivity index (χ0) is 21.2. The quantitative estimate of drug-likeness (QED) is 0.645. The minimum Gasteiger partial charge on any atom is -0.344 e. The van der Waals surface area contributed by atoms with Crippen LogP contribution in [0.1, 0.15) is 34.2 Å². The largest absolute Gasteiger partial charge is 0.344 e. The fourth-order valence-electron chi connectivity index (χ4n) is 3.74. The summed E-state index contributed by atoms with van der Waals surface area (Å²) in [5.41, 5.74) is 3.53. The number of rotatable bonds is 7. The molecule has 1 fully saturated rings. The number of benzene rings is 1. The predicted molar refractivity (Wildman–Crippen MR) is 111 cm³/mol. The fraction of sp³-hybridized carbons (Fsp3) is 0.476. The number of aromatic nitrogens is 1. The van der Waals surface area contributed by atoms with Crippen LogP contribution in [-0.2, 0) is 16.6 Å². The second kappa shape index (κ2) is 8.77. The van der Waals surface area contributed by atoms with Crippen molar-refractivity contribution in [2.24, 2.45) is 0 Å². The van der Waals surface area contributed by atoms with Crippen LogP contribution in [0.15, 0.2) is 30.3 Å². The lowest BCUT2D eigenvalue weighted by Gasteiger charge is -2.33. The molecule has 0 aliphatic carbocycles. The molecule has 2 aromatic rings. The number of halogens is 1. The van der Waals surface area contributed by atoms with Crippen LogP contribution in [0.25, 0.3) is 0 Å². The SMILES string of the molecule is CCS(=O)(=O)N1CCN(CC(=O)c2cc(C)n(Cc3ccc(F)cc3)c2C)CC1. The number of nitrogens with zero attached hydrogens (tertiary/aromatic N) is 3.